The highest BCUT2D eigenvalue weighted by atomic mass is 16.6. The van der Waals surface area contributed by atoms with Gasteiger partial charge in [0.2, 0.25) is 0 Å². The smallest absolute Gasteiger partial charge is 0.407 e. The Hall–Kier alpha value is -1.71. The van der Waals surface area contributed by atoms with Crippen LogP contribution in [0.15, 0.2) is 24.3 Å². The number of aromatic hydroxyl groups is 1. The second kappa shape index (κ2) is 7.02. The van der Waals surface area contributed by atoms with Crippen LogP contribution in [0.5, 0.6) is 5.75 Å². The molecule has 1 aromatic carbocycles. The van der Waals surface area contributed by atoms with Gasteiger partial charge in [0.25, 0.3) is 0 Å². The number of carbonyl (C=O) groups is 1. The van der Waals surface area contributed by atoms with Crippen LogP contribution in [0.25, 0.3) is 0 Å². The number of hydrogen-bond donors (Lipinski definition) is 2. The highest BCUT2D eigenvalue weighted by Crippen LogP contribution is 2.13. The Morgan fingerprint density at radius 3 is 2.68 bits per heavy atom. The number of ether oxygens (including phenoxy) is 1. The average molecular weight is 265 g/mol. The number of benzene rings is 1. The molecule has 0 saturated heterocycles. The molecule has 0 saturated carbocycles. The Morgan fingerprint density at radius 1 is 1.32 bits per heavy atom. The van der Waals surface area contributed by atoms with E-state index in [9.17, 15) is 9.90 Å². The van der Waals surface area contributed by atoms with Crippen molar-refractivity contribution < 1.29 is 14.6 Å². The minimum absolute atomic E-state index is 0.296. The molecule has 0 radical (unpaired) electrons. The molecule has 4 nitrogen and oxygen atoms in total. The van der Waals surface area contributed by atoms with Crippen LogP contribution in [-0.4, -0.2) is 23.3 Å². The highest BCUT2D eigenvalue weighted by Gasteiger charge is 2.15. The number of amides is 1. The van der Waals surface area contributed by atoms with E-state index in [1.54, 1.807) is 12.1 Å². The summed E-state index contributed by atoms with van der Waals surface area (Å²) < 4.78 is 5.14. The molecule has 2 N–H and O–H groups in total. The van der Waals surface area contributed by atoms with Crippen molar-refractivity contribution in [2.45, 2.75) is 45.6 Å². The van der Waals surface area contributed by atoms with Crippen molar-refractivity contribution in [3.8, 4) is 5.75 Å². The van der Waals surface area contributed by atoms with Gasteiger partial charge in [0.05, 0.1) is 0 Å². The summed E-state index contributed by atoms with van der Waals surface area (Å²) in [6.07, 6.45) is 2.36. The molecular weight excluding hydrogens is 242 g/mol. The van der Waals surface area contributed by atoms with Crippen LogP contribution in [0.2, 0.25) is 0 Å². The van der Waals surface area contributed by atoms with Gasteiger partial charge in [-0.2, -0.15) is 0 Å². The van der Waals surface area contributed by atoms with Gasteiger partial charge < -0.3 is 15.2 Å². The Bertz CT molecular complexity index is 410. The zero-order chi connectivity index (χ0) is 14.3. The van der Waals surface area contributed by atoms with Gasteiger partial charge in [-0.05, 0) is 57.7 Å². The maximum atomic E-state index is 11.4. The number of alkyl carbamates (subject to hydrolysis) is 1. The number of carbonyl (C=O) groups excluding carboxylic acids is 1. The lowest BCUT2D eigenvalue weighted by Crippen LogP contribution is -2.33. The minimum Gasteiger partial charge on any atom is -0.508 e. The van der Waals surface area contributed by atoms with Crippen LogP contribution in [0.1, 0.15) is 39.2 Å². The zero-order valence-electron chi connectivity index (χ0n) is 11.9. The maximum Gasteiger partial charge on any atom is 0.407 e. The first-order valence-electron chi connectivity index (χ1n) is 6.61. The predicted molar refractivity (Wildman–Crippen MR) is 75.3 cm³/mol. The van der Waals surface area contributed by atoms with Crippen molar-refractivity contribution in [1.29, 1.82) is 0 Å². The standard InChI is InChI=1S/C15H23NO3/c1-15(2,3)19-14(18)16-10-5-4-7-12-8-6-9-13(17)11-12/h6,8-9,11,17H,4-5,7,10H2,1-3H3,(H,16,18). The lowest BCUT2D eigenvalue weighted by Gasteiger charge is -2.19. The fourth-order valence-corrected chi connectivity index (χ4v) is 1.67. The number of hydrogen-bond acceptors (Lipinski definition) is 3. The number of rotatable bonds is 5. The number of phenolic OH excluding ortho intramolecular Hbond substituents is 1. The molecular formula is C15H23NO3. The minimum atomic E-state index is -0.453. The number of aryl methyl sites for hydroxylation is 1. The second-order valence-electron chi connectivity index (χ2n) is 5.56. The second-order valence-corrected chi connectivity index (χ2v) is 5.56. The summed E-state index contributed by atoms with van der Waals surface area (Å²) in [5.74, 6) is 0.296. The summed E-state index contributed by atoms with van der Waals surface area (Å²) in [6, 6.07) is 7.25. The summed E-state index contributed by atoms with van der Waals surface area (Å²) in [4.78, 5) is 11.4. The van der Waals surface area contributed by atoms with Gasteiger partial charge in [0.1, 0.15) is 11.4 Å². The SMILES string of the molecule is CC(C)(C)OC(=O)NCCCCc1cccc(O)c1. The molecule has 1 aromatic rings. The van der Waals surface area contributed by atoms with E-state index in [-0.39, 0.29) is 6.09 Å². The first-order chi connectivity index (χ1) is 8.87. The van der Waals surface area contributed by atoms with Crippen molar-refractivity contribution in [2.24, 2.45) is 0 Å². The van der Waals surface area contributed by atoms with Crippen molar-refractivity contribution in [1.82, 2.24) is 5.32 Å². The van der Waals surface area contributed by atoms with E-state index in [4.69, 9.17) is 4.74 Å². The van der Waals surface area contributed by atoms with E-state index in [1.807, 2.05) is 32.9 Å². The van der Waals surface area contributed by atoms with E-state index in [2.05, 4.69) is 5.32 Å². The molecule has 0 aliphatic heterocycles. The van der Waals surface area contributed by atoms with Crippen LogP contribution in [0, 0.1) is 0 Å². The van der Waals surface area contributed by atoms with Crippen molar-refractivity contribution in [2.75, 3.05) is 6.54 Å². The molecule has 0 spiro atoms. The first kappa shape index (κ1) is 15.3. The summed E-state index contributed by atoms with van der Waals surface area (Å²) in [7, 11) is 0. The van der Waals surface area contributed by atoms with Crippen LogP contribution in [0.4, 0.5) is 4.79 Å². The number of nitrogens with one attached hydrogen (secondary N) is 1. The molecule has 0 atom stereocenters. The topological polar surface area (TPSA) is 58.6 Å². The lowest BCUT2D eigenvalue weighted by atomic mass is 10.1. The van der Waals surface area contributed by atoms with Crippen molar-refractivity contribution in [3.63, 3.8) is 0 Å². The van der Waals surface area contributed by atoms with E-state index in [0.717, 1.165) is 24.8 Å². The van der Waals surface area contributed by atoms with E-state index < -0.39 is 5.60 Å². The van der Waals surface area contributed by atoms with E-state index in [0.29, 0.717) is 12.3 Å². The Morgan fingerprint density at radius 2 is 2.05 bits per heavy atom. The molecule has 1 rings (SSSR count). The normalized spacial score (nSPS) is 11.1. The van der Waals surface area contributed by atoms with Crippen molar-refractivity contribution in [3.05, 3.63) is 29.8 Å². The molecule has 0 aliphatic carbocycles. The number of unbranched alkanes of at least 4 members (excludes halogenated alkanes) is 1. The van der Waals surface area contributed by atoms with Gasteiger partial charge in [0.15, 0.2) is 0 Å². The maximum absolute atomic E-state index is 11.4. The molecule has 0 fully saturated rings. The van der Waals surface area contributed by atoms with E-state index >= 15 is 0 Å². The summed E-state index contributed by atoms with van der Waals surface area (Å²) >= 11 is 0. The van der Waals surface area contributed by atoms with Gasteiger partial charge in [-0.1, -0.05) is 12.1 Å². The summed E-state index contributed by atoms with van der Waals surface area (Å²) in [5, 5.41) is 12.0. The van der Waals surface area contributed by atoms with Crippen LogP contribution < -0.4 is 5.32 Å². The molecule has 0 bridgehead atoms. The summed E-state index contributed by atoms with van der Waals surface area (Å²) in [6.45, 7) is 6.13. The van der Waals surface area contributed by atoms with Crippen LogP contribution >= 0.6 is 0 Å². The molecule has 0 aromatic heterocycles. The molecule has 1 amide bonds. The summed E-state index contributed by atoms with van der Waals surface area (Å²) in [5.41, 5.74) is 0.656. The Kier molecular flexibility index (Phi) is 5.67. The van der Waals surface area contributed by atoms with Gasteiger partial charge in [0, 0.05) is 6.54 Å². The monoisotopic (exact) mass is 265 g/mol. The molecule has 0 unspecified atom stereocenters. The largest absolute Gasteiger partial charge is 0.508 e. The number of phenols is 1. The first-order valence-corrected chi connectivity index (χ1v) is 6.61. The van der Waals surface area contributed by atoms with Gasteiger partial charge in [-0.25, -0.2) is 4.79 Å². The Labute approximate surface area is 114 Å². The molecule has 0 heterocycles. The molecule has 0 aliphatic rings. The third kappa shape index (κ3) is 7.34. The van der Waals surface area contributed by atoms with Crippen LogP contribution in [-0.2, 0) is 11.2 Å². The van der Waals surface area contributed by atoms with Crippen LogP contribution in [0.3, 0.4) is 0 Å². The molecule has 19 heavy (non-hydrogen) atoms. The fraction of sp³-hybridized carbons (Fsp3) is 0.533. The third-order valence-corrected chi connectivity index (χ3v) is 2.47. The fourth-order valence-electron chi connectivity index (χ4n) is 1.67. The van der Waals surface area contributed by atoms with Gasteiger partial charge >= 0.3 is 6.09 Å². The quantitative estimate of drug-likeness (QED) is 0.803. The average Bonchev–Trinajstić information content (AvgIpc) is 2.26. The zero-order valence-corrected chi connectivity index (χ0v) is 11.9. The van der Waals surface area contributed by atoms with Gasteiger partial charge in [-0.3, -0.25) is 0 Å². The predicted octanol–water partition coefficient (Wildman–Crippen LogP) is 3.24. The third-order valence-electron chi connectivity index (χ3n) is 2.47. The molecule has 4 heteroatoms. The lowest BCUT2D eigenvalue weighted by molar-refractivity contribution is 0.0527. The van der Waals surface area contributed by atoms with Gasteiger partial charge in [-0.15, -0.1) is 0 Å². The van der Waals surface area contributed by atoms with Crippen molar-refractivity contribution >= 4 is 6.09 Å². The molecule has 106 valence electrons. The highest BCUT2D eigenvalue weighted by molar-refractivity contribution is 5.67. The Balaban J connectivity index is 2.13. The van der Waals surface area contributed by atoms with E-state index in [1.165, 1.54) is 0 Å².